The third-order valence-electron chi connectivity index (χ3n) is 5.39. The molecule has 7 nitrogen and oxygen atoms in total. The fourth-order valence-electron chi connectivity index (χ4n) is 3.85. The SMILES string of the molecule is Cc1cccc(C)c1N(CC(=O)N/N=C/c1cc(C)n(-c2ccc(Cl)cc2Cl)c1C)S(C)(=O)=O. The van der Waals surface area contributed by atoms with Gasteiger partial charge in [-0.15, -0.1) is 0 Å². The summed E-state index contributed by atoms with van der Waals surface area (Å²) in [5.74, 6) is -0.557. The number of carbonyl (C=O) groups is 1. The normalized spacial score (nSPS) is 11.7. The molecule has 0 aliphatic rings. The van der Waals surface area contributed by atoms with Crippen molar-refractivity contribution in [3.63, 3.8) is 0 Å². The van der Waals surface area contributed by atoms with Gasteiger partial charge in [0.15, 0.2) is 0 Å². The second kappa shape index (κ2) is 10.2. The van der Waals surface area contributed by atoms with Crippen LogP contribution in [0.2, 0.25) is 10.0 Å². The molecule has 2 aromatic carbocycles. The van der Waals surface area contributed by atoms with Crippen LogP contribution in [0.25, 0.3) is 5.69 Å². The van der Waals surface area contributed by atoms with Crippen LogP contribution in [0.15, 0.2) is 47.6 Å². The Morgan fingerprint density at radius 1 is 1.09 bits per heavy atom. The molecule has 0 spiro atoms. The number of anilines is 1. The molecule has 0 radical (unpaired) electrons. The van der Waals surface area contributed by atoms with Gasteiger partial charge >= 0.3 is 0 Å². The molecule has 180 valence electrons. The van der Waals surface area contributed by atoms with Gasteiger partial charge in [0.1, 0.15) is 6.54 Å². The molecule has 3 aromatic rings. The number of hydrogen-bond acceptors (Lipinski definition) is 4. The van der Waals surface area contributed by atoms with Gasteiger partial charge in [-0.25, -0.2) is 13.8 Å². The number of carbonyl (C=O) groups excluding carboxylic acids is 1. The Bertz CT molecular complexity index is 1360. The van der Waals surface area contributed by atoms with Crippen LogP contribution in [-0.4, -0.2) is 37.9 Å². The van der Waals surface area contributed by atoms with Crippen molar-refractivity contribution in [2.45, 2.75) is 27.7 Å². The molecule has 0 bridgehead atoms. The van der Waals surface area contributed by atoms with Crippen molar-refractivity contribution in [3.8, 4) is 5.69 Å². The Morgan fingerprint density at radius 3 is 2.32 bits per heavy atom. The van der Waals surface area contributed by atoms with Crippen molar-refractivity contribution in [1.82, 2.24) is 9.99 Å². The number of halogens is 2. The summed E-state index contributed by atoms with van der Waals surface area (Å²) in [4.78, 5) is 12.6. The quantitative estimate of drug-likeness (QED) is 0.353. The zero-order chi connectivity index (χ0) is 25.2. The zero-order valence-electron chi connectivity index (χ0n) is 19.6. The first-order valence-corrected chi connectivity index (χ1v) is 13.0. The number of nitrogens with one attached hydrogen (secondary N) is 1. The van der Waals surface area contributed by atoms with Crippen molar-refractivity contribution >= 4 is 51.0 Å². The molecular weight excluding hydrogens is 495 g/mol. The van der Waals surface area contributed by atoms with Gasteiger partial charge in [-0.1, -0.05) is 41.4 Å². The lowest BCUT2D eigenvalue weighted by atomic mass is 10.1. The lowest BCUT2D eigenvalue weighted by Crippen LogP contribution is -2.39. The minimum Gasteiger partial charge on any atom is -0.316 e. The first-order valence-electron chi connectivity index (χ1n) is 10.4. The van der Waals surface area contributed by atoms with E-state index in [9.17, 15) is 13.2 Å². The molecule has 1 N–H and O–H groups in total. The second-order valence-corrected chi connectivity index (χ2v) is 10.8. The minimum absolute atomic E-state index is 0.388. The van der Waals surface area contributed by atoms with E-state index < -0.39 is 15.9 Å². The Morgan fingerprint density at radius 2 is 1.74 bits per heavy atom. The van der Waals surface area contributed by atoms with E-state index in [1.807, 2.05) is 36.6 Å². The maximum absolute atomic E-state index is 12.6. The van der Waals surface area contributed by atoms with E-state index in [0.29, 0.717) is 15.7 Å². The van der Waals surface area contributed by atoms with Crippen molar-refractivity contribution in [2.24, 2.45) is 5.10 Å². The lowest BCUT2D eigenvalue weighted by Gasteiger charge is -2.25. The summed E-state index contributed by atoms with van der Waals surface area (Å²) >= 11 is 12.4. The highest BCUT2D eigenvalue weighted by Crippen LogP contribution is 2.29. The minimum atomic E-state index is -3.69. The van der Waals surface area contributed by atoms with Gasteiger partial charge in [0.05, 0.1) is 28.9 Å². The number of nitrogens with zero attached hydrogens (tertiary/aromatic N) is 3. The van der Waals surface area contributed by atoms with E-state index in [1.165, 1.54) is 6.21 Å². The maximum atomic E-state index is 12.6. The van der Waals surface area contributed by atoms with Crippen molar-refractivity contribution < 1.29 is 13.2 Å². The summed E-state index contributed by atoms with van der Waals surface area (Å²) < 4.78 is 27.9. The topological polar surface area (TPSA) is 83.8 Å². The van der Waals surface area contributed by atoms with E-state index in [-0.39, 0.29) is 6.54 Å². The number of amides is 1. The fraction of sp³-hybridized carbons (Fsp3) is 0.250. The maximum Gasteiger partial charge on any atom is 0.260 e. The molecule has 0 saturated carbocycles. The first kappa shape index (κ1) is 25.8. The average molecular weight is 521 g/mol. The summed E-state index contributed by atoms with van der Waals surface area (Å²) in [5, 5.41) is 5.11. The summed E-state index contributed by atoms with van der Waals surface area (Å²) in [5.41, 5.74) is 7.79. The van der Waals surface area contributed by atoms with Crippen LogP contribution in [0.3, 0.4) is 0 Å². The summed E-state index contributed by atoms with van der Waals surface area (Å²) in [6, 6.07) is 12.6. The molecule has 0 aliphatic carbocycles. The number of aromatic nitrogens is 1. The van der Waals surface area contributed by atoms with Gasteiger partial charge in [-0.2, -0.15) is 5.10 Å². The van der Waals surface area contributed by atoms with Crippen LogP contribution < -0.4 is 9.73 Å². The van der Waals surface area contributed by atoms with Crippen molar-refractivity contribution in [1.29, 1.82) is 0 Å². The molecular formula is C24H26Cl2N4O3S. The highest BCUT2D eigenvalue weighted by Gasteiger charge is 2.23. The fourth-order valence-corrected chi connectivity index (χ4v) is 5.32. The van der Waals surface area contributed by atoms with Gasteiger partial charge in [0.2, 0.25) is 10.0 Å². The molecule has 0 atom stereocenters. The summed E-state index contributed by atoms with van der Waals surface area (Å²) in [6.45, 7) is 7.07. The predicted octanol–water partition coefficient (Wildman–Crippen LogP) is 4.93. The van der Waals surface area contributed by atoms with Crippen molar-refractivity contribution in [3.05, 3.63) is 80.6 Å². The van der Waals surface area contributed by atoms with Crippen LogP contribution in [0.5, 0.6) is 0 Å². The molecule has 0 unspecified atom stereocenters. The molecule has 1 heterocycles. The molecule has 1 aromatic heterocycles. The van der Waals surface area contributed by atoms with Crippen molar-refractivity contribution in [2.75, 3.05) is 17.1 Å². The number of hydrogen-bond donors (Lipinski definition) is 1. The predicted molar refractivity (Wildman–Crippen MR) is 139 cm³/mol. The number of aryl methyl sites for hydroxylation is 3. The van der Waals surface area contributed by atoms with E-state index in [2.05, 4.69) is 10.5 Å². The van der Waals surface area contributed by atoms with E-state index >= 15 is 0 Å². The third kappa shape index (κ3) is 5.63. The van der Waals surface area contributed by atoms with Gasteiger partial charge < -0.3 is 4.57 Å². The largest absolute Gasteiger partial charge is 0.316 e. The molecule has 0 fully saturated rings. The smallest absolute Gasteiger partial charge is 0.260 e. The Balaban J connectivity index is 1.80. The van der Waals surface area contributed by atoms with E-state index in [0.717, 1.165) is 44.3 Å². The molecule has 0 saturated heterocycles. The number of sulfonamides is 1. The monoisotopic (exact) mass is 520 g/mol. The lowest BCUT2D eigenvalue weighted by molar-refractivity contribution is -0.119. The molecule has 34 heavy (non-hydrogen) atoms. The van der Waals surface area contributed by atoms with Crippen LogP contribution in [0, 0.1) is 27.7 Å². The Labute approximate surface area is 210 Å². The number of hydrazone groups is 1. The van der Waals surface area contributed by atoms with Crippen LogP contribution >= 0.6 is 23.2 Å². The number of para-hydroxylation sites is 1. The highest BCUT2D eigenvalue weighted by atomic mass is 35.5. The van der Waals surface area contributed by atoms with Gasteiger partial charge in [-0.3, -0.25) is 9.10 Å². The van der Waals surface area contributed by atoms with Gasteiger partial charge in [0.25, 0.3) is 5.91 Å². The van der Waals surface area contributed by atoms with Crippen LogP contribution in [-0.2, 0) is 14.8 Å². The number of benzene rings is 2. The average Bonchev–Trinajstić information content (AvgIpc) is 3.00. The van der Waals surface area contributed by atoms with Crippen LogP contribution in [0.4, 0.5) is 5.69 Å². The third-order valence-corrected chi connectivity index (χ3v) is 7.04. The van der Waals surface area contributed by atoms with Gasteiger partial charge in [0, 0.05) is 22.0 Å². The Hall–Kier alpha value is -2.81. The molecule has 10 heteroatoms. The summed E-state index contributed by atoms with van der Waals surface area (Å²) in [7, 11) is -3.69. The molecule has 3 rings (SSSR count). The zero-order valence-corrected chi connectivity index (χ0v) is 21.9. The molecule has 0 aliphatic heterocycles. The van der Waals surface area contributed by atoms with Crippen LogP contribution in [0.1, 0.15) is 28.1 Å². The Kier molecular flexibility index (Phi) is 7.75. The molecule has 1 amide bonds. The van der Waals surface area contributed by atoms with E-state index in [4.69, 9.17) is 23.2 Å². The van der Waals surface area contributed by atoms with Gasteiger partial charge in [-0.05, 0) is 63.1 Å². The highest BCUT2D eigenvalue weighted by molar-refractivity contribution is 7.92. The standard InChI is InChI=1S/C24H26Cl2N4O3S/c1-15-7-6-8-16(2)24(15)29(34(5,32)33)14-23(31)28-27-13-19-11-17(3)30(18(19)4)22-10-9-20(25)12-21(22)26/h6-13H,14H2,1-5H3,(H,28,31)/b27-13+. The number of rotatable bonds is 7. The summed E-state index contributed by atoms with van der Waals surface area (Å²) in [6.07, 6.45) is 2.59. The first-order chi connectivity index (χ1) is 15.9. The van der Waals surface area contributed by atoms with E-state index in [1.54, 1.807) is 38.1 Å². The second-order valence-electron chi connectivity index (χ2n) is 8.06.